The summed E-state index contributed by atoms with van der Waals surface area (Å²) in [5.74, 6) is -1.14. The highest BCUT2D eigenvalue weighted by molar-refractivity contribution is 7.90. The van der Waals surface area contributed by atoms with Crippen LogP contribution >= 0.6 is 0 Å². The van der Waals surface area contributed by atoms with Gasteiger partial charge in [0.25, 0.3) is 16.4 Å². The molecular formula is C13H11F2NO4S. The standard InChI is InChI=1S/C13H11F2NO4S/c1-20-13(17)11-10(12(14)15)7-8-16(11)21(18,19)9-5-3-2-4-6-9/h2-8,12H,1H3. The second-order valence-corrected chi connectivity index (χ2v) is 5.84. The maximum absolute atomic E-state index is 12.9. The average Bonchev–Trinajstić information content (AvgIpc) is 2.93. The Kier molecular flexibility index (Phi) is 4.08. The Morgan fingerprint density at radius 1 is 1.19 bits per heavy atom. The summed E-state index contributed by atoms with van der Waals surface area (Å²) < 4.78 is 55.6. The fourth-order valence-corrected chi connectivity index (χ4v) is 3.19. The summed E-state index contributed by atoms with van der Waals surface area (Å²) in [5.41, 5.74) is -1.39. The second kappa shape index (κ2) is 5.65. The van der Waals surface area contributed by atoms with Crippen molar-refractivity contribution < 1.29 is 26.7 Å². The van der Waals surface area contributed by atoms with Crippen molar-refractivity contribution in [1.82, 2.24) is 3.97 Å². The van der Waals surface area contributed by atoms with Gasteiger partial charge in [0.05, 0.1) is 17.6 Å². The Labute approximate surface area is 119 Å². The number of alkyl halides is 2. The summed E-state index contributed by atoms with van der Waals surface area (Å²) in [6, 6.07) is 8.08. The van der Waals surface area contributed by atoms with Gasteiger partial charge in [-0.05, 0) is 18.2 Å². The van der Waals surface area contributed by atoms with Crippen molar-refractivity contribution in [1.29, 1.82) is 0 Å². The third-order valence-electron chi connectivity index (χ3n) is 2.80. The van der Waals surface area contributed by atoms with Crippen LogP contribution in [-0.2, 0) is 14.8 Å². The molecule has 1 aromatic carbocycles. The Balaban J connectivity index is 2.67. The summed E-state index contributed by atoms with van der Waals surface area (Å²) in [7, 11) is -3.16. The van der Waals surface area contributed by atoms with Gasteiger partial charge in [0.1, 0.15) is 0 Å². The van der Waals surface area contributed by atoms with Crippen LogP contribution in [0.25, 0.3) is 0 Å². The number of hydrogen-bond donors (Lipinski definition) is 0. The van der Waals surface area contributed by atoms with Crippen molar-refractivity contribution in [2.45, 2.75) is 11.3 Å². The van der Waals surface area contributed by atoms with E-state index in [0.29, 0.717) is 3.97 Å². The van der Waals surface area contributed by atoms with Crippen LogP contribution in [0, 0.1) is 0 Å². The summed E-state index contributed by atoms with van der Waals surface area (Å²) in [4.78, 5) is 11.5. The summed E-state index contributed by atoms with van der Waals surface area (Å²) in [6.45, 7) is 0. The quantitative estimate of drug-likeness (QED) is 0.813. The molecule has 0 aliphatic rings. The van der Waals surface area contributed by atoms with Crippen LogP contribution in [0.4, 0.5) is 8.78 Å². The van der Waals surface area contributed by atoms with Gasteiger partial charge < -0.3 is 4.74 Å². The fraction of sp³-hybridized carbons (Fsp3) is 0.154. The number of aromatic nitrogens is 1. The lowest BCUT2D eigenvalue weighted by molar-refractivity contribution is 0.0581. The van der Waals surface area contributed by atoms with E-state index in [2.05, 4.69) is 4.74 Å². The van der Waals surface area contributed by atoms with Gasteiger partial charge in [-0.25, -0.2) is 26.0 Å². The highest BCUT2D eigenvalue weighted by Gasteiger charge is 2.29. The van der Waals surface area contributed by atoms with Gasteiger partial charge in [-0.2, -0.15) is 0 Å². The smallest absolute Gasteiger partial charge is 0.356 e. The molecule has 2 rings (SSSR count). The van der Waals surface area contributed by atoms with Gasteiger partial charge in [-0.3, -0.25) is 0 Å². The van der Waals surface area contributed by atoms with Gasteiger partial charge in [-0.15, -0.1) is 0 Å². The summed E-state index contributed by atoms with van der Waals surface area (Å²) >= 11 is 0. The van der Waals surface area contributed by atoms with E-state index in [1.54, 1.807) is 6.07 Å². The van der Waals surface area contributed by atoms with Crippen molar-refractivity contribution in [2.24, 2.45) is 0 Å². The number of carbonyl (C=O) groups excluding carboxylic acids is 1. The molecule has 0 saturated carbocycles. The molecule has 0 aliphatic heterocycles. The first kappa shape index (κ1) is 15.2. The topological polar surface area (TPSA) is 65.4 Å². The maximum Gasteiger partial charge on any atom is 0.356 e. The largest absolute Gasteiger partial charge is 0.464 e. The van der Waals surface area contributed by atoms with Crippen molar-refractivity contribution in [3.63, 3.8) is 0 Å². The van der Waals surface area contributed by atoms with Gasteiger partial charge in [0.2, 0.25) is 0 Å². The first-order chi connectivity index (χ1) is 9.89. The third-order valence-corrected chi connectivity index (χ3v) is 4.49. The predicted molar refractivity (Wildman–Crippen MR) is 69.8 cm³/mol. The molecule has 1 heterocycles. The highest BCUT2D eigenvalue weighted by atomic mass is 32.2. The minimum absolute atomic E-state index is 0.119. The predicted octanol–water partition coefficient (Wildman–Crippen LogP) is 2.45. The highest BCUT2D eigenvalue weighted by Crippen LogP contribution is 2.27. The molecule has 0 amide bonds. The van der Waals surface area contributed by atoms with E-state index >= 15 is 0 Å². The molecule has 0 atom stereocenters. The number of rotatable bonds is 4. The Morgan fingerprint density at radius 2 is 1.81 bits per heavy atom. The summed E-state index contributed by atoms with van der Waals surface area (Å²) in [5, 5.41) is 0. The maximum atomic E-state index is 12.9. The zero-order chi connectivity index (χ0) is 15.6. The molecule has 0 radical (unpaired) electrons. The molecule has 112 valence electrons. The first-order valence-electron chi connectivity index (χ1n) is 5.78. The van der Waals surface area contributed by atoms with Crippen molar-refractivity contribution in [3.05, 3.63) is 53.9 Å². The number of nitrogens with zero attached hydrogens (tertiary/aromatic N) is 1. The molecular weight excluding hydrogens is 304 g/mol. The van der Waals surface area contributed by atoms with E-state index in [4.69, 9.17) is 0 Å². The van der Waals surface area contributed by atoms with E-state index in [0.717, 1.165) is 19.4 Å². The average molecular weight is 315 g/mol. The number of carbonyl (C=O) groups is 1. The Hall–Kier alpha value is -2.22. The second-order valence-electron chi connectivity index (χ2n) is 4.03. The minimum Gasteiger partial charge on any atom is -0.464 e. The van der Waals surface area contributed by atoms with E-state index in [9.17, 15) is 22.0 Å². The van der Waals surface area contributed by atoms with Crippen LogP contribution < -0.4 is 0 Å². The van der Waals surface area contributed by atoms with E-state index in [1.807, 2.05) is 0 Å². The SMILES string of the molecule is COC(=O)c1c(C(F)F)ccn1S(=O)(=O)c1ccccc1. The molecule has 1 aromatic heterocycles. The van der Waals surface area contributed by atoms with E-state index < -0.39 is 33.7 Å². The lowest BCUT2D eigenvalue weighted by Gasteiger charge is -2.10. The lowest BCUT2D eigenvalue weighted by Crippen LogP contribution is -2.19. The number of esters is 1. The van der Waals surface area contributed by atoms with Gasteiger partial charge in [-0.1, -0.05) is 18.2 Å². The van der Waals surface area contributed by atoms with E-state index in [-0.39, 0.29) is 4.90 Å². The zero-order valence-electron chi connectivity index (χ0n) is 10.9. The minimum atomic E-state index is -4.15. The van der Waals surface area contributed by atoms with Gasteiger partial charge >= 0.3 is 5.97 Å². The van der Waals surface area contributed by atoms with Crippen LogP contribution in [0.1, 0.15) is 22.5 Å². The first-order valence-corrected chi connectivity index (χ1v) is 7.22. The molecule has 2 aromatic rings. The summed E-state index contributed by atoms with van der Waals surface area (Å²) in [6.07, 6.45) is -2.08. The molecule has 5 nitrogen and oxygen atoms in total. The van der Waals surface area contributed by atoms with Crippen LogP contribution in [-0.4, -0.2) is 25.5 Å². The lowest BCUT2D eigenvalue weighted by atomic mass is 10.2. The van der Waals surface area contributed by atoms with Crippen LogP contribution in [0.15, 0.2) is 47.5 Å². The number of halogens is 2. The van der Waals surface area contributed by atoms with Crippen LogP contribution in [0.5, 0.6) is 0 Å². The molecule has 8 heteroatoms. The number of hydrogen-bond acceptors (Lipinski definition) is 4. The van der Waals surface area contributed by atoms with E-state index in [1.165, 1.54) is 24.3 Å². The Morgan fingerprint density at radius 3 is 2.33 bits per heavy atom. The number of methoxy groups -OCH3 is 1. The Bertz CT molecular complexity index is 754. The molecule has 21 heavy (non-hydrogen) atoms. The van der Waals surface area contributed by atoms with Crippen LogP contribution in [0.2, 0.25) is 0 Å². The molecule has 0 saturated heterocycles. The molecule has 0 N–H and O–H groups in total. The molecule has 0 aliphatic carbocycles. The van der Waals surface area contributed by atoms with Gasteiger partial charge in [0.15, 0.2) is 5.69 Å². The molecule has 0 spiro atoms. The monoisotopic (exact) mass is 315 g/mol. The van der Waals surface area contributed by atoms with Crippen molar-refractivity contribution in [2.75, 3.05) is 7.11 Å². The fourth-order valence-electron chi connectivity index (χ4n) is 1.82. The van der Waals surface area contributed by atoms with Gasteiger partial charge in [0, 0.05) is 6.20 Å². The zero-order valence-corrected chi connectivity index (χ0v) is 11.7. The van der Waals surface area contributed by atoms with Crippen molar-refractivity contribution >= 4 is 16.0 Å². The van der Waals surface area contributed by atoms with Crippen LogP contribution in [0.3, 0.4) is 0 Å². The normalized spacial score (nSPS) is 11.6. The number of benzene rings is 1. The number of ether oxygens (including phenoxy) is 1. The molecule has 0 fully saturated rings. The van der Waals surface area contributed by atoms with Crippen molar-refractivity contribution in [3.8, 4) is 0 Å². The molecule has 0 bridgehead atoms. The molecule has 0 unspecified atom stereocenters. The third kappa shape index (κ3) is 2.66.